The van der Waals surface area contributed by atoms with Crippen LogP contribution in [0.1, 0.15) is 39.1 Å². The predicted octanol–water partition coefficient (Wildman–Crippen LogP) is 3.15. The van der Waals surface area contributed by atoms with Crippen molar-refractivity contribution in [1.29, 1.82) is 0 Å². The minimum absolute atomic E-state index is 0.0162. The molecule has 2 fully saturated rings. The second kappa shape index (κ2) is 10.7. The largest absolute Gasteiger partial charge is 0.353 e. The van der Waals surface area contributed by atoms with E-state index in [0.29, 0.717) is 5.56 Å². The van der Waals surface area contributed by atoms with Crippen molar-refractivity contribution >= 4 is 17.7 Å². The van der Waals surface area contributed by atoms with Crippen LogP contribution < -0.4 is 5.32 Å². The molecular formula is C28H26F2N4O4. The molecule has 38 heavy (non-hydrogen) atoms. The van der Waals surface area contributed by atoms with Crippen molar-refractivity contribution < 1.29 is 27.9 Å². The van der Waals surface area contributed by atoms with Gasteiger partial charge in [-0.1, -0.05) is 6.07 Å². The van der Waals surface area contributed by atoms with Gasteiger partial charge in [-0.25, -0.2) is 8.78 Å². The third kappa shape index (κ3) is 5.12. The Bertz CT molecular complexity index is 1310. The summed E-state index contributed by atoms with van der Waals surface area (Å²) in [6, 6.07) is 13.1. The highest BCUT2D eigenvalue weighted by atomic mass is 19.1. The van der Waals surface area contributed by atoms with Crippen LogP contribution in [-0.4, -0.2) is 64.0 Å². The molecule has 5 rings (SSSR count). The third-order valence-corrected chi connectivity index (χ3v) is 6.99. The summed E-state index contributed by atoms with van der Waals surface area (Å²) in [7, 11) is 0. The van der Waals surface area contributed by atoms with E-state index >= 15 is 0 Å². The number of halogens is 2. The second-order valence-corrected chi connectivity index (χ2v) is 9.33. The van der Waals surface area contributed by atoms with Crippen molar-refractivity contribution in [2.24, 2.45) is 0 Å². The van der Waals surface area contributed by atoms with E-state index in [4.69, 9.17) is 4.74 Å². The van der Waals surface area contributed by atoms with Crippen LogP contribution in [0.25, 0.3) is 0 Å². The number of nitrogens with one attached hydrogen (secondary N) is 1. The van der Waals surface area contributed by atoms with E-state index in [1.807, 2.05) is 6.07 Å². The normalized spacial score (nSPS) is 18.4. The average molecular weight is 521 g/mol. The zero-order chi connectivity index (χ0) is 26.7. The Hall–Kier alpha value is -4.18. The molecule has 0 aliphatic carbocycles. The molecular weight excluding hydrogens is 494 g/mol. The molecule has 2 saturated heterocycles. The first-order valence-corrected chi connectivity index (χ1v) is 12.3. The molecule has 3 amide bonds. The summed E-state index contributed by atoms with van der Waals surface area (Å²) in [6.45, 7) is 0.757. The lowest BCUT2D eigenvalue weighted by atomic mass is 9.96. The Labute approximate surface area is 218 Å². The van der Waals surface area contributed by atoms with Crippen LogP contribution in [0.3, 0.4) is 0 Å². The molecule has 1 N–H and O–H groups in total. The first-order valence-electron chi connectivity index (χ1n) is 12.3. The molecule has 0 bridgehead atoms. The molecule has 1 atom stereocenters. The molecule has 1 unspecified atom stereocenters. The van der Waals surface area contributed by atoms with Crippen molar-refractivity contribution in [3.63, 3.8) is 0 Å². The summed E-state index contributed by atoms with van der Waals surface area (Å²) in [5.74, 6) is -2.00. The number of carbonyl (C=O) groups excluding carboxylic acids is 3. The summed E-state index contributed by atoms with van der Waals surface area (Å²) in [5.41, 5.74) is 0.285. The summed E-state index contributed by atoms with van der Waals surface area (Å²) in [5, 5.41) is 2.85. The predicted molar refractivity (Wildman–Crippen MR) is 133 cm³/mol. The number of piperidine rings is 1. The van der Waals surface area contributed by atoms with Crippen LogP contribution in [0.15, 0.2) is 73.1 Å². The maximum absolute atomic E-state index is 13.7. The number of rotatable bonds is 5. The smallest absolute Gasteiger partial charge is 0.256 e. The molecule has 10 heteroatoms. The van der Waals surface area contributed by atoms with E-state index in [-0.39, 0.29) is 56.5 Å². The van der Waals surface area contributed by atoms with Crippen molar-refractivity contribution in [3.05, 3.63) is 101 Å². The highest BCUT2D eigenvalue weighted by molar-refractivity contribution is 5.98. The molecule has 2 aromatic carbocycles. The van der Waals surface area contributed by atoms with E-state index < -0.39 is 29.3 Å². The van der Waals surface area contributed by atoms with E-state index in [2.05, 4.69) is 10.3 Å². The van der Waals surface area contributed by atoms with Crippen LogP contribution in [0.5, 0.6) is 0 Å². The van der Waals surface area contributed by atoms with Crippen molar-refractivity contribution in [2.75, 3.05) is 19.7 Å². The van der Waals surface area contributed by atoms with Crippen LogP contribution in [-0.2, 0) is 16.1 Å². The fraction of sp³-hybridized carbons (Fsp3) is 0.286. The molecule has 3 aromatic rings. The molecule has 8 nitrogen and oxygen atoms in total. The van der Waals surface area contributed by atoms with Gasteiger partial charge < -0.3 is 15.0 Å². The molecule has 1 spiro atoms. The van der Waals surface area contributed by atoms with E-state index in [1.54, 1.807) is 23.4 Å². The third-order valence-electron chi connectivity index (χ3n) is 6.99. The van der Waals surface area contributed by atoms with Crippen molar-refractivity contribution in [2.45, 2.75) is 31.2 Å². The summed E-state index contributed by atoms with van der Waals surface area (Å²) < 4.78 is 33.0. The molecule has 3 heterocycles. The van der Waals surface area contributed by atoms with Crippen molar-refractivity contribution in [3.8, 4) is 0 Å². The van der Waals surface area contributed by atoms with Gasteiger partial charge in [-0.15, -0.1) is 0 Å². The second-order valence-electron chi connectivity index (χ2n) is 9.33. The molecule has 196 valence electrons. The number of aromatic nitrogens is 1. The Morgan fingerprint density at radius 2 is 1.53 bits per heavy atom. The Kier molecular flexibility index (Phi) is 7.15. The zero-order valence-electron chi connectivity index (χ0n) is 20.5. The Morgan fingerprint density at radius 1 is 0.921 bits per heavy atom. The fourth-order valence-electron chi connectivity index (χ4n) is 4.94. The number of ether oxygens (including phenoxy) is 1. The summed E-state index contributed by atoms with van der Waals surface area (Å²) in [6.07, 6.45) is 3.83. The number of benzene rings is 2. The maximum Gasteiger partial charge on any atom is 0.256 e. The minimum Gasteiger partial charge on any atom is -0.353 e. The van der Waals surface area contributed by atoms with Crippen LogP contribution in [0.2, 0.25) is 0 Å². The molecule has 1 aromatic heterocycles. The van der Waals surface area contributed by atoms with Gasteiger partial charge in [-0.2, -0.15) is 0 Å². The van der Waals surface area contributed by atoms with Crippen LogP contribution in [0, 0.1) is 11.6 Å². The topological polar surface area (TPSA) is 91.8 Å². The van der Waals surface area contributed by atoms with Gasteiger partial charge in [0, 0.05) is 56.0 Å². The number of likely N-dealkylation sites (tertiary alicyclic amines) is 1. The van der Waals surface area contributed by atoms with Crippen LogP contribution in [0.4, 0.5) is 8.78 Å². The van der Waals surface area contributed by atoms with Gasteiger partial charge in [-0.05, 0) is 60.2 Å². The van der Waals surface area contributed by atoms with Crippen molar-refractivity contribution in [1.82, 2.24) is 20.1 Å². The highest BCUT2D eigenvalue weighted by Gasteiger charge is 2.54. The SMILES string of the molecule is O=C(NCc1cccnc1)C1COC2(CCN(C(=O)c3ccc(F)cc3)CC2)N1C(=O)c1ccc(F)cc1. The molecule has 2 aliphatic heterocycles. The van der Waals surface area contributed by atoms with Gasteiger partial charge in [0.1, 0.15) is 23.4 Å². The van der Waals surface area contributed by atoms with Gasteiger partial charge in [0.05, 0.1) is 6.61 Å². The van der Waals surface area contributed by atoms with Gasteiger partial charge in [-0.3, -0.25) is 24.3 Å². The number of carbonyl (C=O) groups is 3. The number of pyridine rings is 1. The monoisotopic (exact) mass is 520 g/mol. The van der Waals surface area contributed by atoms with Gasteiger partial charge >= 0.3 is 0 Å². The first kappa shape index (κ1) is 25.5. The molecule has 2 aliphatic rings. The number of hydrogen-bond acceptors (Lipinski definition) is 5. The lowest BCUT2D eigenvalue weighted by Crippen LogP contribution is -2.59. The Balaban J connectivity index is 1.36. The van der Waals surface area contributed by atoms with E-state index in [9.17, 15) is 23.2 Å². The zero-order valence-corrected chi connectivity index (χ0v) is 20.5. The summed E-state index contributed by atoms with van der Waals surface area (Å²) >= 11 is 0. The Morgan fingerprint density at radius 3 is 2.11 bits per heavy atom. The quantitative estimate of drug-likeness (QED) is 0.558. The lowest BCUT2D eigenvalue weighted by Gasteiger charge is -2.44. The van der Waals surface area contributed by atoms with Gasteiger partial charge in [0.15, 0.2) is 0 Å². The maximum atomic E-state index is 13.7. The standard InChI is InChI=1S/C28H26F2N4O4/c29-22-7-3-20(4-8-22)26(36)33-14-11-28(12-15-33)34(27(37)21-5-9-23(30)10-6-21)24(18-38-28)25(35)32-17-19-2-1-13-31-16-19/h1-10,13,16,24H,11-12,14-15,17-18H2,(H,32,35). The molecule has 0 radical (unpaired) electrons. The first-order chi connectivity index (χ1) is 18.4. The number of hydrogen-bond donors (Lipinski definition) is 1. The van der Waals surface area contributed by atoms with E-state index in [1.165, 1.54) is 53.4 Å². The number of amides is 3. The fourth-order valence-corrected chi connectivity index (χ4v) is 4.94. The van der Waals surface area contributed by atoms with Crippen LogP contribution >= 0.6 is 0 Å². The van der Waals surface area contributed by atoms with E-state index in [0.717, 1.165) is 5.56 Å². The van der Waals surface area contributed by atoms with Gasteiger partial charge in [0.25, 0.3) is 11.8 Å². The summed E-state index contributed by atoms with van der Waals surface area (Å²) in [4.78, 5) is 47.0. The van der Waals surface area contributed by atoms with Gasteiger partial charge in [0.2, 0.25) is 5.91 Å². The average Bonchev–Trinajstić information content (AvgIpc) is 3.31. The highest BCUT2D eigenvalue weighted by Crippen LogP contribution is 2.39. The minimum atomic E-state index is -1.11. The lowest BCUT2D eigenvalue weighted by molar-refractivity contribution is -0.128. The number of nitrogens with zero attached hydrogens (tertiary/aromatic N) is 3. The molecule has 0 saturated carbocycles.